The predicted octanol–water partition coefficient (Wildman–Crippen LogP) is 3.75. The van der Waals surface area contributed by atoms with Crippen molar-refractivity contribution < 1.29 is 9.90 Å². The second kappa shape index (κ2) is 6.82. The van der Waals surface area contributed by atoms with E-state index in [1.165, 1.54) is 0 Å². The second-order valence-electron chi connectivity index (χ2n) is 2.84. The monoisotopic (exact) mass is 206 g/mol. The Morgan fingerprint density at radius 2 is 1.93 bits per heavy atom. The van der Waals surface area contributed by atoms with E-state index in [0.29, 0.717) is 5.56 Å². The van der Waals surface area contributed by atoms with E-state index >= 15 is 0 Å². The van der Waals surface area contributed by atoms with E-state index < -0.39 is 5.97 Å². The Kier molecular flexibility index (Phi) is 6.11. The molecule has 0 aliphatic heterocycles. The molecule has 0 bridgehead atoms. The van der Waals surface area contributed by atoms with Crippen molar-refractivity contribution in [2.75, 3.05) is 0 Å². The highest BCUT2D eigenvalue weighted by molar-refractivity contribution is 5.92. The molecule has 0 saturated carbocycles. The molecule has 1 aromatic rings. The first-order valence-corrected chi connectivity index (χ1v) is 5.12. The van der Waals surface area contributed by atoms with E-state index in [1.807, 2.05) is 45.9 Å². The van der Waals surface area contributed by atoms with E-state index in [9.17, 15) is 4.79 Å². The summed E-state index contributed by atoms with van der Waals surface area (Å²) in [5.41, 5.74) is 2.13. The molecular weight excluding hydrogens is 188 g/mol. The molecule has 0 aliphatic carbocycles. The molecule has 0 aromatic heterocycles. The first kappa shape index (κ1) is 13.4. The van der Waals surface area contributed by atoms with Crippen molar-refractivity contribution in [2.45, 2.75) is 27.7 Å². The highest BCUT2D eigenvalue weighted by Crippen LogP contribution is 2.15. The Bertz CT molecular complexity index is 352. The van der Waals surface area contributed by atoms with Gasteiger partial charge in [-0.3, -0.25) is 0 Å². The fraction of sp³-hybridized carbons (Fsp3) is 0.308. The molecule has 2 heteroatoms. The molecule has 15 heavy (non-hydrogen) atoms. The van der Waals surface area contributed by atoms with Crippen LogP contribution in [0.5, 0.6) is 0 Å². The Balaban J connectivity index is 0.000000921. The molecule has 1 aromatic carbocycles. The summed E-state index contributed by atoms with van der Waals surface area (Å²) in [5.74, 6) is -0.878. The van der Waals surface area contributed by atoms with Gasteiger partial charge in [0, 0.05) is 0 Å². The minimum Gasteiger partial charge on any atom is -0.478 e. The zero-order valence-corrected chi connectivity index (χ0v) is 9.74. The van der Waals surface area contributed by atoms with Gasteiger partial charge in [0.1, 0.15) is 0 Å². The zero-order valence-electron chi connectivity index (χ0n) is 9.74. The van der Waals surface area contributed by atoms with Gasteiger partial charge < -0.3 is 5.11 Å². The molecular formula is C13H18O2. The van der Waals surface area contributed by atoms with Gasteiger partial charge in [-0.05, 0) is 31.0 Å². The molecule has 0 unspecified atom stereocenters. The number of carboxylic acids is 1. The summed E-state index contributed by atoms with van der Waals surface area (Å²) in [4.78, 5) is 10.8. The minimum atomic E-state index is -0.878. The van der Waals surface area contributed by atoms with E-state index in [0.717, 1.165) is 11.1 Å². The van der Waals surface area contributed by atoms with Crippen molar-refractivity contribution in [1.82, 2.24) is 0 Å². The van der Waals surface area contributed by atoms with Crippen LogP contribution in [0.4, 0.5) is 0 Å². The maximum atomic E-state index is 10.8. The quantitative estimate of drug-likeness (QED) is 0.800. The molecule has 1 rings (SSSR count). The lowest BCUT2D eigenvalue weighted by molar-refractivity contribution is 0.0696. The van der Waals surface area contributed by atoms with Crippen LogP contribution in [-0.4, -0.2) is 11.1 Å². The number of carboxylic acid groups (broad SMARTS) is 1. The zero-order chi connectivity index (χ0) is 11.8. The summed E-state index contributed by atoms with van der Waals surface area (Å²) >= 11 is 0. The lowest BCUT2D eigenvalue weighted by atomic mass is 10.0. The molecule has 2 nitrogen and oxygen atoms in total. The van der Waals surface area contributed by atoms with Gasteiger partial charge >= 0.3 is 5.97 Å². The summed E-state index contributed by atoms with van der Waals surface area (Å²) in [6.45, 7) is 7.78. The number of hydrogen-bond acceptors (Lipinski definition) is 1. The van der Waals surface area contributed by atoms with Crippen LogP contribution in [0.2, 0.25) is 0 Å². The fourth-order valence-corrected chi connectivity index (χ4v) is 1.26. The molecule has 1 N–H and O–H groups in total. The lowest BCUT2D eigenvalue weighted by Gasteiger charge is -2.03. The van der Waals surface area contributed by atoms with Gasteiger partial charge in [0.2, 0.25) is 0 Å². The summed E-state index contributed by atoms with van der Waals surface area (Å²) in [7, 11) is 0. The number of aryl methyl sites for hydroxylation is 1. The maximum Gasteiger partial charge on any atom is 0.336 e. The third-order valence-electron chi connectivity index (χ3n) is 1.89. The van der Waals surface area contributed by atoms with Gasteiger partial charge in [0.15, 0.2) is 0 Å². The molecule has 0 amide bonds. The Hall–Kier alpha value is -1.57. The molecule has 0 spiro atoms. The molecule has 0 radical (unpaired) electrons. The van der Waals surface area contributed by atoms with Crippen LogP contribution in [0.15, 0.2) is 24.3 Å². The van der Waals surface area contributed by atoms with E-state index in [1.54, 1.807) is 12.1 Å². The van der Waals surface area contributed by atoms with Crippen LogP contribution < -0.4 is 0 Å². The van der Waals surface area contributed by atoms with E-state index in [4.69, 9.17) is 5.11 Å². The van der Waals surface area contributed by atoms with Gasteiger partial charge in [0.05, 0.1) is 5.56 Å². The van der Waals surface area contributed by atoms with Gasteiger partial charge in [-0.1, -0.05) is 38.1 Å². The van der Waals surface area contributed by atoms with Crippen LogP contribution in [0.3, 0.4) is 0 Å². The maximum absolute atomic E-state index is 10.8. The highest BCUT2D eigenvalue weighted by Gasteiger charge is 2.08. The largest absolute Gasteiger partial charge is 0.478 e. The highest BCUT2D eigenvalue weighted by atomic mass is 16.4. The van der Waals surface area contributed by atoms with Crippen LogP contribution in [0.1, 0.15) is 42.3 Å². The molecule has 0 atom stereocenters. The van der Waals surface area contributed by atoms with E-state index in [-0.39, 0.29) is 0 Å². The topological polar surface area (TPSA) is 37.3 Å². The number of hydrogen-bond donors (Lipinski definition) is 1. The molecule has 0 heterocycles. The number of allylic oxidation sites excluding steroid dienone is 1. The molecule has 0 saturated heterocycles. The van der Waals surface area contributed by atoms with Gasteiger partial charge in [-0.25, -0.2) is 4.79 Å². The average molecular weight is 206 g/mol. The molecule has 0 fully saturated rings. The third kappa shape index (κ3) is 3.58. The lowest BCUT2D eigenvalue weighted by Crippen LogP contribution is -2.00. The third-order valence-corrected chi connectivity index (χ3v) is 1.89. The van der Waals surface area contributed by atoms with Gasteiger partial charge in [-0.15, -0.1) is 0 Å². The van der Waals surface area contributed by atoms with Crippen LogP contribution in [0.25, 0.3) is 6.08 Å². The van der Waals surface area contributed by atoms with E-state index in [2.05, 4.69) is 0 Å². The number of aromatic carboxylic acids is 1. The molecule has 82 valence electrons. The van der Waals surface area contributed by atoms with Crippen molar-refractivity contribution in [3.8, 4) is 0 Å². The van der Waals surface area contributed by atoms with Crippen molar-refractivity contribution in [2.24, 2.45) is 0 Å². The van der Waals surface area contributed by atoms with Crippen molar-refractivity contribution in [1.29, 1.82) is 0 Å². The number of benzene rings is 1. The van der Waals surface area contributed by atoms with Crippen molar-refractivity contribution >= 4 is 12.0 Å². The SMILES string of the molecule is C/C=C\c1c(C)cccc1C(=O)O.CC. The summed E-state index contributed by atoms with van der Waals surface area (Å²) < 4.78 is 0. The number of rotatable bonds is 2. The summed E-state index contributed by atoms with van der Waals surface area (Å²) in [6.07, 6.45) is 3.66. The number of carbonyl (C=O) groups is 1. The Morgan fingerprint density at radius 1 is 1.33 bits per heavy atom. The first-order valence-electron chi connectivity index (χ1n) is 5.12. The summed E-state index contributed by atoms with van der Waals surface area (Å²) in [6, 6.07) is 5.28. The molecule has 0 aliphatic rings. The van der Waals surface area contributed by atoms with Crippen molar-refractivity contribution in [3.63, 3.8) is 0 Å². The van der Waals surface area contributed by atoms with Gasteiger partial charge in [0.25, 0.3) is 0 Å². The fourth-order valence-electron chi connectivity index (χ4n) is 1.26. The van der Waals surface area contributed by atoms with Crippen molar-refractivity contribution in [3.05, 3.63) is 41.0 Å². The smallest absolute Gasteiger partial charge is 0.336 e. The van der Waals surface area contributed by atoms with Gasteiger partial charge in [-0.2, -0.15) is 0 Å². The van der Waals surface area contributed by atoms with Crippen LogP contribution in [0, 0.1) is 6.92 Å². The first-order chi connectivity index (χ1) is 7.16. The Morgan fingerprint density at radius 3 is 2.40 bits per heavy atom. The second-order valence-corrected chi connectivity index (χ2v) is 2.84. The van der Waals surface area contributed by atoms with Crippen LogP contribution >= 0.6 is 0 Å². The minimum absolute atomic E-state index is 0.359. The normalized spacial score (nSPS) is 9.60. The summed E-state index contributed by atoms with van der Waals surface area (Å²) in [5, 5.41) is 8.88. The Labute approximate surface area is 91.3 Å². The average Bonchev–Trinajstić information content (AvgIpc) is 2.24. The predicted molar refractivity (Wildman–Crippen MR) is 64.2 cm³/mol. The standard InChI is InChI=1S/C11H12O2.C2H6/c1-3-5-9-8(2)6-4-7-10(9)11(12)13;1-2/h3-7H,1-2H3,(H,12,13);1-2H3/b5-3-;. The van der Waals surface area contributed by atoms with Crippen LogP contribution in [-0.2, 0) is 0 Å².